The van der Waals surface area contributed by atoms with Gasteiger partial charge in [0.1, 0.15) is 18.4 Å². The molecule has 2 aromatic rings. The van der Waals surface area contributed by atoms with Gasteiger partial charge in [-0.25, -0.2) is 4.79 Å². The topological polar surface area (TPSA) is 95.9 Å². The Kier molecular flexibility index (Phi) is 7.62. The molecule has 0 spiro atoms. The number of nitrogens with one attached hydrogen (secondary N) is 1. The monoisotopic (exact) mass is 493 g/mol. The Labute approximate surface area is 203 Å². The third-order valence-electron chi connectivity index (χ3n) is 6.92. The highest BCUT2D eigenvalue weighted by molar-refractivity contribution is 6.35. The van der Waals surface area contributed by atoms with Crippen molar-refractivity contribution in [3.8, 4) is 5.75 Å². The first kappa shape index (κ1) is 25.3. The summed E-state index contributed by atoms with van der Waals surface area (Å²) in [6, 6.07) is 11.2. The van der Waals surface area contributed by atoms with Gasteiger partial charge in [0.05, 0.1) is 5.60 Å². The number of amides is 1. The van der Waals surface area contributed by atoms with E-state index < -0.39 is 28.9 Å². The molecule has 0 aromatic heterocycles. The van der Waals surface area contributed by atoms with Crippen molar-refractivity contribution < 1.29 is 24.5 Å². The maximum atomic E-state index is 12.9. The highest BCUT2D eigenvalue weighted by Gasteiger charge is 2.53. The summed E-state index contributed by atoms with van der Waals surface area (Å²) in [6.07, 6.45) is 1.14. The van der Waals surface area contributed by atoms with Crippen LogP contribution in [0.25, 0.3) is 0 Å². The Morgan fingerprint density at radius 3 is 2.24 bits per heavy atom. The van der Waals surface area contributed by atoms with Gasteiger partial charge in [0.15, 0.2) is 0 Å². The first-order valence-corrected chi connectivity index (χ1v) is 11.6. The molecular weight excluding hydrogens is 465 g/mol. The minimum atomic E-state index is -1.11. The molecule has 1 saturated carbocycles. The second kappa shape index (κ2) is 9.92. The van der Waals surface area contributed by atoms with Gasteiger partial charge in [-0.05, 0) is 49.6 Å². The highest BCUT2D eigenvalue weighted by Crippen LogP contribution is 2.50. The SMILES string of the molecule is CC1(C)[C@@H](C(=O)N[C@@H](Cc2ccc(OCc3c(Cl)cccc3Cl)cc2)C(=O)O)CC[C@]1(C)O. The lowest BCUT2D eigenvalue weighted by atomic mass is 9.73. The quantitative estimate of drug-likeness (QED) is 0.487. The zero-order valence-electron chi connectivity index (χ0n) is 18.9. The zero-order valence-corrected chi connectivity index (χ0v) is 20.4. The van der Waals surface area contributed by atoms with Crippen LogP contribution < -0.4 is 10.1 Å². The first-order valence-electron chi connectivity index (χ1n) is 10.8. The standard InChI is InChI=1S/C25H29Cl2NO5/c1-24(2)18(11-12-25(24,3)32)22(29)28-21(23(30)31)13-15-7-9-16(10-8-15)33-14-17-19(26)5-4-6-20(17)27/h4-10,18,21,32H,11-14H2,1-3H3,(H,28,29)(H,30,31)/t18-,21+,25+/m1/s1. The Morgan fingerprint density at radius 1 is 1.12 bits per heavy atom. The normalized spacial score (nSPS) is 22.5. The summed E-state index contributed by atoms with van der Waals surface area (Å²) in [5.74, 6) is -1.33. The number of ether oxygens (including phenoxy) is 1. The van der Waals surface area contributed by atoms with Crippen molar-refractivity contribution in [3.63, 3.8) is 0 Å². The summed E-state index contributed by atoms with van der Waals surface area (Å²) in [5, 5.41) is 23.9. The molecule has 0 heterocycles. The third kappa shape index (κ3) is 5.62. The van der Waals surface area contributed by atoms with Crippen LogP contribution in [0.15, 0.2) is 42.5 Å². The Hall–Kier alpha value is -2.28. The lowest BCUT2D eigenvalue weighted by Crippen LogP contribution is -2.50. The largest absolute Gasteiger partial charge is 0.489 e. The molecule has 178 valence electrons. The van der Waals surface area contributed by atoms with Crippen LogP contribution in [0.1, 0.15) is 44.7 Å². The molecule has 3 N–H and O–H groups in total. The number of benzene rings is 2. The van der Waals surface area contributed by atoms with Crippen molar-refractivity contribution in [2.75, 3.05) is 0 Å². The number of rotatable bonds is 8. The summed E-state index contributed by atoms with van der Waals surface area (Å²) in [7, 11) is 0. The van der Waals surface area contributed by atoms with Crippen LogP contribution in [0.3, 0.4) is 0 Å². The van der Waals surface area contributed by atoms with Crippen LogP contribution in [-0.4, -0.2) is 33.7 Å². The number of carbonyl (C=O) groups is 2. The molecule has 3 rings (SSSR count). The van der Waals surface area contributed by atoms with Gasteiger partial charge in [0.2, 0.25) is 5.91 Å². The number of hydrogen-bond acceptors (Lipinski definition) is 4. The Morgan fingerprint density at radius 2 is 1.73 bits per heavy atom. The number of carbonyl (C=O) groups excluding carboxylic acids is 1. The number of halogens is 2. The number of carboxylic acids is 1. The van der Waals surface area contributed by atoms with Gasteiger partial charge >= 0.3 is 5.97 Å². The van der Waals surface area contributed by atoms with Crippen molar-refractivity contribution >= 4 is 35.1 Å². The van der Waals surface area contributed by atoms with E-state index in [1.54, 1.807) is 49.4 Å². The number of aliphatic hydroxyl groups is 1. The maximum Gasteiger partial charge on any atom is 0.326 e. The summed E-state index contributed by atoms with van der Waals surface area (Å²) in [5.41, 5.74) is -0.197. The summed E-state index contributed by atoms with van der Waals surface area (Å²) in [6.45, 7) is 5.61. The highest BCUT2D eigenvalue weighted by atomic mass is 35.5. The average Bonchev–Trinajstić information content (AvgIpc) is 2.95. The minimum Gasteiger partial charge on any atom is -0.489 e. The van der Waals surface area contributed by atoms with E-state index in [1.807, 2.05) is 13.8 Å². The fourth-order valence-corrected chi connectivity index (χ4v) is 4.70. The molecule has 0 aliphatic heterocycles. The molecular formula is C25H29Cl2NO5. The fraction of sp³-hybridized carbons (Fsp3) is 0.440. The van der Waals surface area contributed by atoms with Crippen LogP contribution in [0.2, 0.25) is 10.0 Å². The van der Waals surface area contributed by atoms with Crippen molar-refractivity contribution in [2.45, 2.75) is 58.3 Å². The van der Waals surface area contributed by atoms with Gasteiger partial charge in [-0.3, -0.25) is 4.79 Å². The molecule has 0 bridgehead atoms. The predicted octanol–water partition coefficient (Wildman–Crippen LogP) is 4.87. The molecule has 2 aromatic carbocycles. The van der Waals surface area contributed by atoms with Crippen LogP contribution in [0.5, 0.6) is 5.75 Å². The average molecular weight is 494 g/mol. The smallest absolute Gasteiger partial charge is 0.326 e. The van der Waals surface area contributed by atoms with E-state index in [0.717, 1.165) is 5.56 Å². The Bertz CT molecular complexity index is 1000. The molecule has 33 heavy (non-hydrogen) atoms. The molecule has 0 unspecified atom stereocenters. The van der Waals surface area contributed by atoms with E-state index in [4.69, 9.17) is 27.9 Å². The predicted molar refractivity (Wildman–Crippen MR) is 128 cm³/mol. The van der Waals surface area contributed by atoms with Gasteiger partial charge in [-0.15, -0.1) is 0 Å². The van der Waals surface area contributed by atoms with E-state index in [-0.39, 0.29) is 18.9 Å². The fourth-order valence-electron chi connectivity index (χ4n) is 4.20. The van der Waals surface area contributed by atoms with E-state index in [0.29, 0.717) is 34.2 Å². The van der Waals surface area contributed by atoms with E-state index in [2.05, 4.69) is 5.32 Å². The Balaban J connectivity index is 1.62. The van der Waals surface area contributed by atoms with Crippen LogP contribution in [0.4, 0.5) is 0 Å². The van der Waals surface area contributed by atoms with E-state index in [1.165, 1.54) is 0 Å². The molecule has 6 nitrogen and oxygen atoms in total. The molecule has 0 radical (unpaired) electrons. The maximum absolute atomic E-state index is 12.9. The molecule has 3 atom stereocenters. The van der Waals surface area contributed by atoms with Crippen molar-refractivity contribution in [1.29, 1.82) is 0 Å². The van der Waals surface area contributed by atoms with Crippen LogP contribution in [-0.2, 0) is 22.6 Å². The van der Waals surface area contributed by atoms with Crippen molar-refractivity contribution in [1.82, 2.24) is 5.32 Å². The summed E-state index contributed by atoms with van der Waals surface area (Å²) >= 11 is 12.3. The lowest BCUT2D eigenvalue weighted by Gasteiger charge is -2.37. The number of hydrogen-bond donors (Lipinski definition) is 3. The molecule has 1 aliphatic carbocycles. The van der Waals surface area contributed by atoms with E-state index >= 15 is 0 Å². The van der Waals surface area contributed by atoms with Gasteiger partial charge in [-0.2, -0.15) is 0 Å². The van der Waals surface area contributed by atoms with Gasteiger partial charge in [-0.1, -0.05) is 55.2 Å². The molecule has 1 amide bonds. The number of aliphatic carboxylic acids is 1. The molecule has 1 fully saturated rings. The third-order valence-corrected chi connectivity index (χ3v) is 7.63. The molecule has 1 aliphatic rings. The summed E-state index contributed by atoms with van der Waals surface area (Å²) < 4.78 is 5.76. The van der Waals surface area contributed by atoms with Crippen molar-refractivity contribution in [2.24, 2.45) is 11.3 Å². The van der Waals surface area contributed by atoms with Gasteiger partial charge in [0, 0.05) is 33.4 Å². The van der Waals surface area contributed by atoms with Gasteiger partial charge < -0.3 is 20.3 Å². The van der Waals surface area contributed by atoms with Crippen LogP contribution in [0, 0.1) is 11.3 Å². The minimum absolute atomic E-state index is 0.126. The second-order valence-corrected chi connectivity index (χ2v) is 10.1. The van der Waals surface area contributed by atoms with Crippen molar-refractivity contribution in [3.05, 3.63) is 63.6 Å². The van der Waals surface area contributed by atoms with E-state index in [9.17, 15) is 19.8 Å². The second-order valence-electron chi connectivity index (χ2n) is 9.32. The molecule has 8 heteroatoms. The first-order chi connectivity index (χ1) is 15.4. The summed E-state index contributed by atoms with van der Waals surface area (Å²) in [4.78, 5) is 24.7. The number of carboxylic acid groups (broad SMARTS) is 1. The lowest BCUT2D eigenvalue weighted by molar-refractivity contribution is -0.144. The molecule has 0 saturated heterocycles. The van der Waals surface area contributed by atoms with Gasteiger partial charge in [0.25, 0.3) is 0 Å². The zero-order chi connectivity index (χ0) is 24.4. The van der Waals surface area contributed by atoms with Crippen LogP contribution >= 0.6 is 23.2 Å².